The van der Waals surface area contributed by atoms with Crippen molar-refractivity contribution in [3.63, 3.8) is 0 Å². The van der Waals surface area contributed by atoms with Crippen molar-refractivity contribution in [1.29, 1.82) is 0 Å². The number of aromatic nitrogens is 1. The van der Waals surface area contributed by atoms with Crippen LogP contribution in [0.5, 0.6) is 0 Å². The van der Waals surface area contributed by atoms with Crippen LogP contribution in [0.3, 0.4) is 0 Å². The van der Waals surface area contributed by atoms with Gasteiger partial charge in [0.2, 0.25) is 5.52 Å². The lowest BCUT2D eigenvalue weighted by Crippen LogP contribution is -3.00. The van der Waals surface area contributed by atoms with Gasteiger partial charge in [0, 0.05) is 22.7 Å². The molecule has 2 aromatic carbocycles. The van der Waals surface area contributed by atoms with Gasteiger partial charge >= 0.3 is 0 Å². The summed E-state index contributed by atoms with van der Waals surface area (Å²) in [6, 6.07) is 17.7. The highest BCUT2D eigenvalue weighted by Gasteiger charge is 2.16. The Morgan fingerprint density at radius 1 is 1.04 bits per heavy atom. The summed E-state index contributed by atoms with van der Waals surface area (Å²) in [4.78, 5) is 0. The first-order valence-electron chi connectivity index (χ1n) is 8.30. The molecular formula is C21H16Cl2INOS. The van der Waals surface area contributed by atoms with E-state index >= 15 is 0 Å². The molecule has 138 valence electrons. The van der Waals surface area contributed by atoms with Crippen LogP contribution < -0.4 is 28.5 Å². The zero-order valence-corrected chi connectivity index (χ0v) is 18.9. The smallest absolute Gasteiger partial charge is 0.262 e. The van der Waals surface area contributed by atoms with Gasteiger partial charge in [-0.3, -0.25) is 0 Å². The highest BCUT2D eigenvalue weighted by molar-refractivity contribution is 7.18. The van der Waals surface area contributed by atoms with Crippen LogP contribution in [0.2, 0.25) is 10.0 Å². The minimum absolute atomic E-state index is 0. The van der Waals surface area contributed by atoms with Crippen molar-refractivity contribution in [3.8, 4) is 11.3 Å². The third-order valence-electron chi connectivity index (χ3n) is 4.17. The Kier molecular flexibility index (Phi) is 6.63. The molecule has 6 heteroatoms. The molecule has 2 nitrogen and oxygen atoms in total. The zero-order valence-electron chi connectivity index (χ0n) is 14.5. The van der Waals surface area contributed by atoms with Gasteiger partial charge in [-0.25, -0.2) is 0 Å². The number of para-hydroxylation sites is 1. The summed E-state index contributed by atoms with van der Waals surface area (Å²) in [5.74, 6) is 1.51. The van der Waals surface area contributed by atoms with Gasteiger partial charge < -0.3 is 28.4 Å². The summed E-state index contributed by atoms with van der Waals surface area (Å²) in [5, 5.41) is 2.38. The summed E-state index contributed by atoms with van der Waals surface area (Å²) < 4.78 is 9.52. The quantitative estimate of drug-likeness (QED) is 0.290. The SMILES string of the molecule is CC[n+]1c(/C=C/c2ccc(-c3ccc(Cl)cc3Cl)o2)sc2ccccc21.[I-]. The number of hydrogen-bond acceptors (Lipinski definition) is 2. The van der Waals surface area contributed by atoms with Gasteiger partial charge in [0.15, 0.2) is 0 Å². The van der Waals surface area contributed by atoms with E-state index in [1.54, 1.807) is 17.4 Å². The van der Waals surface area contributed by atoms with E-state index in [9.17, 15) is 0 Å². The third kappa shape index (κ3) is 4.24. The second-order valence-corrected chi connectivity index (χ2v) is 7.72. The second-order valence-electron chi connectivity index (χ2n) is 5.81. The number of fused-ring (bicyclic) bond motifs is 1. The van der Waals surface area contributed by atoms with Crippen LogP contribution in [0.15, 0.2) is 59.0 Å². The Labute approximate surface area is 189 Å². The van der Waals surface area contributed by atoms with E-state index in [1.807, 2.05) is 30.3 Å². The molecule has 2 aromatic heterocycles. The molecule has 4 aromatic rings. The number of furan rings is 1. The molecule has 0 unspecified atom stereocenters. The molecule has 0 atom stereocenters. The van der Waals surface area contributed by atoms with Gasteiger partial charge in [0.1, 0.15) is 22.8 Å². The number of benzene rings is 2. The minimum Gasteiger partial charge on any atom is -1.00 e. The van der Waals surface area contributed by atoms with Crippen LogP contribution in [0.1, 0.15) is 17.7 Å². The van der Waals surface area contributed by atoms with E-state index in [0.29, 0.717) is 10.0 Å². The van der Waals surface area contributed by atoms with Gasteiger partial charge in [-0.1, -0.05) is 46.7 Å². The summed E-state index contributed by atoms with van der Waals surface area (Å²) >= 11 is 14.0. The summed E-state index contributed by atoms with van der Waals surface area (Å²) in [6.07, 6.45) is 4.09. The van der Waals surface area contributed by atoms with Crippen molar-refractivity contribution < 1.29 is 33.0 Å². The van der Waals surface area contributed by atoms with E-state index in [1.165, 1.54) is 15.2 Å². The first-order chi connectivity index (χ1) is 12.7. The van der Waals surface area contributed by atoms with E-state index in [4.69, 9.17) is 27.6 Å². The van der Waals surface area contributed by atoms with Crippen LogP contribution in [-0.4, -0.2) is 0 Å². The second kappa shape index (κ2) is 8.78. The molecule has 0 fully saturated rings. The number of thiazole rings is 1. The topological polar surface area (TPSA) is 17.0 Å². The van der Waals surface area contributed by atoms with Crippen molar-refractivity contribution >= 4 is 56.9 Å². The maximum absolute atomic E-state index is 6.27. The molecule has 0 saturated heterocycles. The number of aryl methyl sites for hydroxylation is 1. The largest absolute Gasteiger partial charge is 1.00 e. The van der Waals surface area contributed by atoms with Gasteiger partial charge in [-0.15, -0.1) is 0 Å². The maximum Gasteiger partial charge on any atom is 0.262 e. The first kappa shape index (κ1) is 20.4. The molecular weight excluding hydrogens is 512 g/mol. The van der Waals surface area contributed by atoms with E-state index in [0.717, 1.165) is 23.6 Å². The van der Waals surface area contributed by atoms with Gasteiger partial charge in [-0.2, -0.15) is 4.57 Å². The molecule has 0 N–H and O–H groups in total. The Balaban J connectivity index is 0.00000210. The summed E-state index contributed by atoms with van der Waals surface area (Å²) in [5.41, 5.74) is 2.09. The van der Waals surface area contributed by atoms with Crippen LogP contribution in [0.4, 0.5) is 0 Å². The average molecular weight is 528 g/mol. The van der Waals surface area contributed by atoms with Crippen molar-refractivity contribution in [3.05, 3.63) is 75.4 Å². The molecule has 0 spiro atoms. The van der Waals surface area contributed by atoms with Crippen molar-refractivity contribution in [2.45, 2.75) is 13.5 Å². The molecule has 0 aliphatic carbocycles. The summed E-state index contributed by atoms with van der Waals surface area (Å²) in [6.45, 7) is 3.08. The van der Waals surface area contributed by atoms with Gasteiger partial charge in [-0.05, 0) is 49.4 Å². The molecule has 27 heavy (non-hydrogen) atoms. The van der Waals surface area contributed by atoms with E-state index in [2.05, 4.69) is 41.8 Å². The highest BCUT2D eigenvalue weighted by atomic mass is 127. The lowest BCUT2D eigenvalue weighted by Gasteiger charge is -2.00. The lowest BCUT2D eigenvalue weighted by atomic mass is 10.2. The molecule has 0 aliphatic rings. The Hall–Kier alpha value is -1.34. The predicted octanol–water partition coefficient (Wildman–Crippen LogP) is 3.95. The molecule has 0 saturated carbocycles. The number of halogens is 3. The maximum atomic E-state index is 6.27. The van der Waals surface area contributed by atoms with E-state index < -0.39 is 0 Å². The minimum atomic E-state index is 0. The van der Waals surface area contributed by atoms with Crippen LogP contribution in [-0.2, 0) is 6.54 Å². The summed E-state index contributed by atoms with van der Waals surface area (Å²) in [7, 11) is 0. The van der Waals surface area contributed by atoms with Crippen molar-refractivity contribution in [1.82, 2.24) is 0 Å². The number of nitrogens with zero attached hydrogens (tertiary/aromatic N) is 1. The van der Waals surface area contributed by atoms with Crippen LogP contribution in [0, 0.1) is 0 Å². The fourth-order valence-corrected chi connectivity index (χ4v) is 4.56. The van der Waals surface area contributed by atoms with Crippen molar-refractivity contribution in [2.75, 3.05) is 0 Å². The molecule has 2 heterocycles. The molecule has 0 bridgehead atoms. The van der Waals surface area contributed by atoms with Gasteiger partial charge in [0.25, 0.3) is 5.01 Å². The third-order valence-corrected chi connectivity index (χ3v) is 5.84. The Morgan fingerprint density at radius 3 is 2.63 bits per heavy atom. The number of rotatable bonds is 4. The van der Waals surface area contributed by atoms with Gasteiger partial charge in [0.05, 0.1) is 5.02 Å². The number of hydrogen-bond donors (Lipinski definition) is 0. The van der Waals surface area contributed by atoms with E-state index in [-0.39, 0.29) is 24.0 Å². The fraction of sp³-hybridized carbons (Fsp3) is 0.0952. The molecule has 4 rings (SSSR count). The first-order valence-corrected chi connectivity index (χ1v) is 9.87. The van der Waals surface area contributed by atoms with Crippen molar-refractivity contribution in [2.24, 2.45) is 0 Å². The van der Waals surface area contributed by atoms with Crippen LogP contribution in [0.25, 0.3) is 33.7 Å². The highest BCUT2D eigenvalue weighted by Crippen LogP contribution is 2.32. The van der Waals surface area contributed by atoms with Crippen LogP contribution >= 0.6 is 34.5 Å². The molecule has 0 radical (unpaired) electrons. The monoisotopic (exact) mass is 527 g/mol. The Morgan fingerprint density at radius 2 is 1.85 bits per heavy atom. The molecule has 0 aliphatic heterocycles. The molecule has 0 amide bonds. The zero-order chi connectivity index (χ0) is 18.1. The standard InChI is InChI=1S/C21H16Cl2NOS.HI/c1-2-24-18-5-3-4-6-20(18)26-21(24)12-9-15-8-11-19(25-15)16-10-7-14(22)13-17(16)23;/h3-13H,2H2,1H3;1H/q+1;/p-1/b12-9+;. The predicted molar refractivity (Wildman–Crippen MR) is 111 cm³/mol. The Bertz CT molecular complexity index is 1120. The lowest BCUT2D eigenvalue weighted by molar-refractivity contribution is -0.665. The fourth-order valence-electron chi connectivity index (χ4n) is 2.93. The normalized spacial score (nSPS) is 11.2. The average Bonchev–Trinajstić information content (AvgIpc) is 3.23.